The van der Waals surface area contributed by atoms with E-state index in [2.05, 4.69) is 34.9 Å². The molecule has 1 fully saturated rings. The van der Waals surface area contributed by atoms with E-state index in [4.69, 9.17) is 0 Å². The van der Waals surface area contributed by atoms with Gasteiger partial charge in [-0.3, -0.25) is 9.59 Å². The quantitative estimate of drug-likeness (QED) is 0.534. The molecule has 1 aliphatic rings. The number of nitrogens with one attached hydrogen (secondary N) is 2. The van der Waals surface area contributed by atoms with Crippen molar-refractivity contribution < 1.29 is 14.0 Å². The summed E-state index contributed by atoms with van der Waals surface area (Å²) >= 11 is 0. The lowest BCUT2D eigenvalue weighted by Gasteiger charge is -2.29. The van der Waals surface area contributed by atoms with Crippen LogP contribution in [0.15, 0.2) is 72.8 Å². The van der Waals surface area contributed by atoms with Gasteiger partial charge >= 0.3 is 0 Å². The van der Waals surface area contributed by atoms with Gasteiger partial charge in [0.1, 0.15) is 5.82 Å². The highest BCUT2D eigenvalue weighted by molar-refractivity contribution is 6.05. The largest absolute Gasteiger partial charge is 0.349 e. The second kappa shape index (κ2) is 9.77. The van der Waals surface area contributed by atoms with Crippen LogP contribution >= 0.6 is 0 Å². The smallest absolute Gasteiger partial charge is 0.258 e. The van der Waals surface area contributed by atoms with Crippen molar-refractivity contribution in [1.29, 1.82) is 0 Å². The Morgan fingerprint density at radius 1 is 0.844 bits per heavy atom. The van der Waals surface area contributed by atoms with E-state index in [1.807, 2.05) is 13.0 Å². The average Bonchev–Trinajstić information content (AvgIpc) is 2.81. The SMILES string of the molecule is Cc1ccc(C(=O)NC2CCC(c3ccccc3)CC2)cc1NC(=O)c1ccccc1F. The highest BCUT2D eigenvalue weighted by Crippen LogP contribution is 2.32. The fourth-order valence-electron chi connectivity index (χ4n) is 4.30. The first kappa shape index (κ1) is 21.8. The number of rotatable bonds is 5. The molecular weight excluding hydrogens is 403 g/mol. The van der Waals surface area contributed by atoms with Gasteiger partial charge in [0.2, 0.25) is 0 Å². The monoisotopic (exact) mass is 430 g/mol. The van der Waals surface area contributed by atoms with Gasteiger partial charge in [-0.25, -0.2) is 4.39 Å². The van der Waals surface area contributed by atoms with E-state index in [9.17, 15) is 14.0 Å². The Hall–Kier alpha value is -3.47. The van der Waals surface area contributed by atoms with Gasteiger partial charge in [-0.2, -0.15) is 0 Å². The molecule has 0 saturated heterocycles. The minimum absolute atomic E-state index is 0.0306. The zero-order valence-electron chi connectivity index (χ0n) is 18.1. The van der Waals surface area contributed by atoms with E-state index < -0.39 is 11.7 Å². The summed E-state index contributed by atoms with van der Waals surface area (Å²) in [5, 5.41) is 5.87. The Kier molecular flexibility index (Phi) is 6.64. The van der Waals surface area contributed by atoms with Gasteiger partial charge < -0.3 is 10.6 Å². The normalized spacial score (nSPS) is 18.1. The second-order valence-corrected chi connectivity index (χ2v) is 8.40. The zero-order valence-corrected chi connectivity index (χ0v) is 18.1. The van der Waals surface area contributed by atoms with Crippen molar-refractivity contribution in [3.8, 4) is 0 Å². The van der Waals surface area contributed by atoms with Gasteiger partial charge in [0, 0.05) is 17.3 Å². The molecule has 0 aliphatic heterocycles. The standard InChI is InChI=1S/C27H27FN2O2/c1-18-11-12-21(17-25(18)30-27(32)23-9-5-6-10-24(23)28)26(31)29-22-15-13-20(14-16-22)19-7-3-2-4-8-19/h2-12,17,20,22H,13-16H2,1H3,(H,29,31)(H,30,32). The van der Waals surface area contributed by atoms with Crippen LogP contribution in [-0.2, 0) is 0 Å². The first-order chi connectivity index (χ1) is 15.5. The number of hydrogen-bond acceptors (Lipinski definition) is 2. The maximum Gasteiger partial charge on any atom is 0.258 e. The van der Waals surface area contributed by atoms with Crippen LogP contribution in [0.3, 0.4) is 0 Å². The second-order valence-electron chi connectivity index (χ2n) is 8.40. The van der Waals surface area contributed by atoms with Gasteiger partial charge in [0.05, 0.1) is 5.56 Å². The molecule has 0 radical (unpaired) electrons. The predicted octanol–water partition coefficient (Wildman–Crippen LogP) is 5.84. The fraction of sp³-hybridized carbons (Fsp3) is 0.259. The topological polar surface area (TPSA) is 58.2 Å². The molecule has 0 aromatic heterocycles. The number of benzene rings is 3. The molecule has 3 aromatic carbocycles. The minimum atomic E-state index is -0.581. The number of carbonyl (C=O) groups is 2. The minimum Gasteiger partial charge on any atom is -0.349 e. The van der Waals surface area contributed by atoms with Crippen molar-refractivity contribution in [2.45, 2.75) is 44.6 Å². The molecule has 2 N–H and O–H groups in total. The van der Waals surface area contributed by atoms with Crippen molar-refractivity contribution in [3.63, 3.8) is 0 Å². The number of amides is 2. The van der Waals surface area contributed by atoms with Crippen LogP contribution in [0.1, 0.15) is 63.4 Å². The Morgan fingerprint density at radius 3 is 2.25 bits per heavy atom. The summed E-state index contributed by atoms with van der Waals surface area (Å²) in [5.41, 5.74) is 3.11. The number of anilines is 1. The summed E-state index contributed by atoms with van der Waals surface area (Å²) in [6.45, 7) is 1.84. The first-order valence-electron chi connectivity index (χ1n) is 11.0. The fourth-order valence-corrected chi connectivity index (χ4v) is 4.30. The van der Waals surface area contributed by atoms with Crippen LogP contribution < -0.4 is 10.6 Å². The van der Waals surface area contributed by atoms with Crippen molar-refractivity contribution >= 4 is 17.5 Å². The summed E-state index contributed by atoms with van der Waals surface area (Å²) in [6, 6.07) is 21.7. The van der Waals surface area contributed by atoms with Gasteiger partial charge in [-0.1, -0.05) is 48.5 Å². The lowest BCUT2D eigenvalue weighted by atomic mass is 9.82. The van der Waals surface area contributed by atoms with Gasteiger partial charge in [0.15, 0.2) is 0 Å². The van der Waals surface area contributed by atoms with Gasteiger partial charge in [-0.15, -0.1) is 0 Å². The van der Waals surface area contributed by atoms with Crippen LogP contribution in [0, 0.1) is 12.7 Å². The molecule has 1 aliphatic carbocycles. The lowest BCUT2D eigenvalue weighted by molar-refractivity contribution is 0.0924. The summed E-state index contributed by atoms with van der Waals surface area (Å²) in [5.74, 6) is -0.732. The maximum absolute atomic E-state index is 13.9. The average molecular weight is 431 g/mol. The predicted molar refractivity (Wildman–Crippen MR) is 124 cm³/mol. The summed E-state index contributed by atoms with van der Waals surface area (Å²) in [6.07, 6.45) is 3.97. The van der Waals surface area contributed by atoms with Crippen molar-refractivity contribution in [3.05, 3.63) is 101 Å². The lowest BCUT2D eigenvalue weighted by Crippen LogP contribution is -2.37. The highest BCUT2D eigenvalue weighted by Gasteiger charge is 2.24. The van der Waals surface area contributed by atoms with Gasteiger partial charge in [-0.05, 0) is 73.9 Å². The van der Waals surface area contributed by atoms with Crippen LogP contribution in [-0.4, -0.2) is 17.9 Å². The third-order valence-corrected chi connectivity index (χ3v) is 6.20. The molecule has 164 valence electrons. The molecule has 4 nitrogen and oxygen atoms in total. The summed E-state index contributed by atoms with van der Waals surface area (Å²) < 4.78 is 13.9. The number of halogens is 1. The van der Waals surface area contributed by atoms with Crippen molar-refractivity contribution in [1.82, 2.24) is 5.32 Å². The van der Waals surface area contributed by atoms with Gasteiger partial charge in [0.25, 0.3) is 11.8 Å². The molecular formula is C27H27FN2O2. The molecule has 1 saturated carbocycles. The highest BCUT2D eigenvalue weighted by atomic mass is 19.1. The third-order valence-electron chi connectivity index (χ3n) is 6.20. The zero-order chi connectivity index (χ0) is 22.5. The Morgan fingerprint density at radius 2 is 1.53 bits per heavy atom. The van der Waals surface area contributed by atoms with Crippen LogP contribution in [0.5, 0.6) is 0 Å². The number of hydrogen-bond donors (Lipinski definition) is 2. The van der Waals surface area contributed by atoms with E-state index in [-0.39, 0.29) is 17.5 Å². The van der Waals surface area contributed by atoms with Crippen molar-refractivity contribution in [2.24, 2.45) is 0 Å². The maximum atomic E-state index is 13.9. The molecule has 3 aromatic rings. The van der Waals surface area contributed by atoms with E-state index in [0.717, 1.165) is 31.2 Å². The Labute approximate surface area is 187 Å². The first-order valence-corrected chi connectivity index (χ1v) is 11.0. The molecule has 4 rings (SSSR count). The molecule has 5 heteroatoms. The third kappa shape index (κ3) is 5.05. The van der Waals surface area contributed by atoms with Crippen LogP contribution in [0.25, 0.3) is 0 Å². The van der Waals surface area contributed by atoms with Crippen LogP contribution in [0.2, 0.25) is 0 Å². The van der Waals surface area contributed by atoms with E-state index in [1.54, 1.807) is 24.3 Å². The summed E-state index contributed by atoms with van der Waals surface area (Å²) in [4.78, 5) is 25.3. The van der Waals surface area contributed by atoms with Crippen LogP contribution in [0.4, 0.5) is 10.1 Å². The Bertz CT molecular complexity index is 1110. The molecule has 0 atom stereocenters. The molecule has 0 heterocycles. The van der Waals surface area contributed by atoms with E-state index in [1.165, 1.54) is 23.8 Å². The van der Waals surface area contributed by atoms with E-state index >= 15 is 0 Å². The van der Waals surface area contributed by atoms with Crippen molar-refractivity contribution in [2.75, 3.05) is 5.32 Å². The summed E-state index contributed by atoms with van der Waals surface area (Å²) in [7, 11) is 0. The molecule has 0 bridgehead atoms. The Balaban J connectivity index is 1.38. The molecule has 0 unspecified atom stereocenters. The molecule has 32 heavy (non-hydrogen) atoms. The number of carbonyl (C=O) groups excluding carboxylic acids is 2. The number of aryl methyl sites for hydroxylation is 1. The van der Waals surface area contributed by atoms with E-state index in [0.29, 0.717) is 17.2 Å². The molecule has 0 spiro atoms. The molecule has 2 amide bonds.